The minimum atomic E-state index is -0.432. The fourth-order valence-corrected chi connectivity index (χ4v) is 2.44. The molecule has 0 N–H and O–H groups in total. The van der Waals surface area contributed by atoms with E-state index in [2.05, 4.69) is 25.1 Å². The van der Waals surface area contributed by atoms with Crippen molar-refractivity contribution < 1.29 is 9.53 Å². The van der Waals surface area contributed by atoms with Gasteiger partial charge >= 0.3 is 6.09 Å². The van der Waals surface area contributed by atoms with Crippen LogP contribution in [-0.4, -0.2) is 16.6 Å². The molecule has 0 unspecified atom stereocenters. The fraction of sp³-hybridized carbons (Fsp3) is 0.588. The Bertz CT molecular complexity index is 488. The molecule has 0 spiro atoms. The summed E-state index contributed by atoms with van der Waals surface area (Å²) in [5.41, 5.74) is 3.45. The standard InChI is InChI=1S/C17H25NO2/c1-5-6-7-13-8-9-14-11-18(12-15(14)10-13)16(19)20-17(2,3)4/h8-10H,5-7,11-12H2,1-4H3. The SMILES string of the molecule is CCCCc1ccc2c(c1)CN(C(=O)OC(C)(C)C)C2. The van der Waals surface area contributed by atoms with E-state index in [-0.39, 0.29) is 6.09 Å². The van der Waals surface area contributed by atoms with Gasteiger partial charge < -0.3 is 4.74 Å². The van der Waals surface area contributed by atoms with Gasteiger partial charge in [-0.3, -0.25) is 4.90 Å². The lowest BCUT2D eigenvalue weighted by atomic mass is 10.0. The molecule has 0 aromatic heterocycles. The minimum Gasteiger partial charge on any atom is -0.444 e. The Kier molecular flexibility index (Phi) is 4.36. The molecule has 1 aromatic rings. The van der Waals surface area contributed by atoms with Crippen molar-refractivity contribution in [2.24, 2.45) is 0 Å². The van der Waals surface area contributed by atoms with Gasteiger partial charge in [-0.05, 0) is 50.3 Å². The van der Waals surface area contributed by atoms with Crippen LogP contribution in [0.3, 0.4) is 0 Å². The summed E-state index contributed by atoms with van der Waals surface area (Å²) in [5, 5.41) is 0. The van der Waals surface area contributed by atoms with E-state index in [1.54, 1.807) is 4.90 Å². The van der Waals surface area contributed by atoms with Crippen LogP contribution < -0.4 is 0 Å². The molecular weight excluding hydrogens is 250 g/mol. The predicted molar refractivity (Wildman–Crippen MR) is 80.5 cm³/mol. The highest BCUT2D eigenvalue weighted by molar-refractivity contribution is 5.69. The minimum absolute atomic E-state index is 0.219. The van der Waals surface area contributed by atoms with Crippen molar-refractivity contribution in [2.45, 2.75) is 65.6 Å². The summed E-state index contributed by atoms with van der Waals surface area (Å²) >= 11 is 0. The molecule has 2 rings (SSSR count). The first kappa shape index (κ1) is 14.9. The molecule has 1 amide bonds. The second kappa shape index (κ2) is 5.86. The Labute approximate surface area is 121 Å². The Morgan fingerprint density at radius 2 is 1.95 bits per heavy atom. The number of carbonyl (C=O) groups excluding carboxylic acids is 1. The van der Waals surface area contributed by atoms with E-state index >= 15 is 0 Å². The summed E-state index contributed by atoms with van der Waals surface area (Å²) in [7, 11) is 0. The number of hydrogen-bond acceptors (Lipinski definition) is 2. The van der Waals surface area contributed by atoms with Gasteiger partial charge in [-0.15, -0.1) is 0 Å². The van der Waals surface area contributed by atoms with Gasteiger partial charge in [0.2, 0.25) is 0 Å². The highest BCUT2D eigenvalue weighted by Gasteiger charge is 2.27. The number of ether oxygens (including phenoxy) is 1. The summed E-state index contributed by atoms with van der Waals surface area (Å²) in [4.78, 5) is 13.9. The van der Waals surface area contributed by atoms with Crippen LogP contribution in [0.1, 0.15) is 57.2 Å². The average molecular weight is 275 g/mol. The molecular formula is C17H25NO2. The number of unbranched alkanes of at least 4 members (excludes halogenated alkanes) is 1. The van der Waals surface area contributed by atoms with E-state index in [1.165, 1.54) is 29.5 Å². The van der Waals surface area contributed by atoms with Gasteiger partial charge in [-0.1, -0.05) is 31.5 Å². The number of fused-ring (bicyclic) bond motifs is 1. The third kappa shape index (κ3) is 3.75. The van der Waals surface area contributed by atoms with Crippen LogP contribution >= 0.6 is 0 Å². The number of hydrogen-bond donors (Lipinski definition) is 0. The number of carbonyl (C=O) groups is 1. The summed E-state index contributed by atoms with van der Waals surface area (Å²) < 4.78 is 5.43. The van der Waals surface area contributed by atoms with Gasteiger partial charge in [0.1, 0.15) is 5.60 Å². The van der Waals surface area contributed by atoms with Gasteiger partial charge in [0.05, 0.1) is 0 Å². The molecule has 0 radical (unpaired) electrons. The fourth-order valence-electron chi connectivity index (χ4n) is 2.44. The predicted octanol–water partition coefficient (Wildman–Crippen LogP) is 4.28. The number of rotatable bonds is 3. The van der Waals surface area contributed by atoms with E-state index in [4.69, 9.17) is 4.74 Å². The normalized spacial score (nSPS) is 14.3. The lowest BCUT2D eigenvalue weighted by molar-refractivity contribution is 0.0242. The number of benzene rings is 1. The van der Waals surface area contributed by atoms with Crippen LogP contribution in [0.15, 0.2) is 18.2 Å². The van der Waals surface area contributed by atoms with Crippen LogP contribution in [-0.2, 0) is 24.2 Å². The largest absolute Gasteiger partial charge is 0.444 e. The Morgan fingerprint density at radius 1 is 1.25 bits per heavy atom. The van der Waals surface area contributed by atoms with Gasteiger partial charge in [0.25, 0.3) is 0 Å². The van der Waals surface area contributed by atoms with Crippen LogP contribution in [0.25, 0.3) is 0 Å². The Hall–Kier alpha value is -1.51. The van der Waals surface area contributed by atoms with E-state index < -0.39 is 5.60 Å². The summed E-state index contributed by atoms with van der Waals surface area (Å²) in [5.74, 6) is 0. The van der Waals surface area contributed by atoms with E-state index in [0.29, 0.717) is 13.1 Å². The molecule has 1 aliphatic heterocycles. The molecule has 0 aliphatic carbocycles. The maximum absolute atomic E-state index is 12.1. The molecule has 0 bridgehead atoms. The molecule has 3 heteroatoms. The van der Waals surface area contributed by atoms with Gasteiger partial charge in [0.15, 0.2) is 0 Å². The van der Waals surface area contributed by atoms with Gasteiger partial charge in [-0.25, -0.2) is 4.79 Å². The average Bonchev–Trinajstić information content (AvgIpc) is 2.77. The van der Waals surface area contributed by atoms with Crippen molar-refractivity contribution in [2.75, 3.05) is 0 Å². The van der Waals surface area contributed by atoms with E-state index in [0.717, 1.165) is 6.42 Å². The van der Waals surface area contributed by atoms with Crippen LogP contribution in [0.5, 0.6) is 0 Å². The zero-order valence-electron chi connectivity index (χ0n) is 13.0. The lowest BCUT2D eigenvalue weighted by Crippen LogP contribution is -2.33. The van der Waals surface area contributed by atoms with Crippen molar-refractivity contribution in [1.82, 2.24) is 4.90 Å². The zero-order chi connectivity index (χ0) is 14.8. The molecule has 20 heavy (non-hydrogen) atoms. The molecule has 0 fully saturated rings. The molecule has 3 nitrogen and oxygen atoms in total. The Balaban J connectivity index is 2.02. The first-order chi connectivity index (χ1) is 9.39. The topological polar surface area (TPSA) is 29.5 Å². The van der Waals surface area contributed by atoms with Crippen molar-refractivity contribution in [3.8, 4) is 0 Å². The highest BCUT2D eigenvalue weighted by atomic mass is 16.6. The van der Waals surface area contributed by atoms with Gasteiger partial charge in [0, 0.05) is 13.1 Å². The van der Waals surface area contributed by atoms with Crippen molar-refractivity contribution >= 4 is 6.09 Å². The lowest BCUT2D eigenvalue weighted by Gasteiger charge is -2.24. The maximum Gasteiger partial charge on any atom is 0.410 e. The molecule has 110 valence electrons. The number of nitrogens with zero attached hydrogens (tertiary/aromatic N) is 1. The molecule has 1 aromatic carbocycles. The molecule has 0 atom stereocenters. The second-order valence-electron chi connectivity index (χ2n) is 6.54. The van der Waals surface area contributed by atoms with Crippen LogP contribution in [0.2, 0.25) is 0 Å². The van der Waals surface area contributed by atoms with Crippen molar-refractivity contribution in [3.63, 3.8) is 0 Å². The summed E-state index contributed by atoms with van der Waals surface area (Å²) in [6, 6.07) is 6.59. The van der Waals surface area contributed by atoms with E-state index in [9.17, 15) is 4.79 Å². The highest BCUT2D eigenvalue weighted by Crippen LogP contribution is 2.26. The van der Waals surface area contributed by atoms with E-state index in [1.807, 2.05) is 20.8 Å². The monoisotopic (exact) mass is 275 g/mol. The van der Waals surface area contributed by atoms with Gasteiger partial charge in [-0.2, -0.15) is 0 Å². The first-order valence-corrected chi connectivity index (χ1v) is 7.47. The van der Waals surface area contributed by atoms with Crippen molar-refractivity contribution in [1.29, 1.82) is 0 Å². The quantitative estimate of drug-likeness (QED) is 0.824. The third-order valence-electron chi connectivity index (χ3n) is 3.46. The summed E-state index contributed by atoms with van der Waals surface area (Å²) in [6.07, 6.45) is 3.33. The molecule has 0 saturated heterocycles. The second-order valence-corrected chi connectivity index (χ2v) is 6.54. The summed E-state index contributed by atoms with van der Waals surface area (Å²) in [6.45, 7) is 9.24. The smallest absolute Gasteiger partial charge is 0.410 e. The number of amides is 1. The molecule has 1 aliphatic rings. The van der Waals surface area contributed by atoms with Crippen LogP contribution in [0.4, 0.5) is 4.79 Å². The number of aryl methyl sites for hydroxylation is 1. The third-order valence-corrected chi connectivity index (χ3v) is 3.46. The zero-order valence-corrected chi connectivity index (χ0v) is 13.0. The van der Waals surface area contributed by atoms with Crippen molar-refractivity contribution in [3.05, 3.63) is 34.9 Å². The first-order valence-electron chi connectivity index (χ1n) is 7.47. The molecule has 1 heterocycles. The Morgan fingerprint density at radius 3 is 2.60 bits per heavy atom. The molecule has 0 saturated carbocycles. The maximum atomic E-state index is 12.1. The van der Waals surface area contributed by atoms with Crippen LogP contribution in [0, 0.1) is 0 Å².